The molecule has 4 nitrogen and oxygen atoms in total. The fourth-order valence-corrected chi connectivity index (χ4v) is 5.77. The molecule has 2 heterocycles. The first-order valence-corrected chi connectivity index (χ1v) is 12.5. The van der Waals surface area contributed by atoms with E-state index in [1.807, 2.05) is 31.2 Å². The minimum absolute atomic E-state index is 0.255. The third kappa shape index (κ3) is 4.29. The summed E-state index contributed by atoms with van der Waals surface area (Å²) in [5.41, 5.74) is 0.723. The number of hydrogen-bond donors (Lipinski definition) is 0. The second-order valence-corrected chi connectivity index (χ2v) is 11.0. The van der Waals surface area contributed by atoms with Gasteiger partial charge in [-0.05, 0) is 56.9 Å². The summed E-state index contributed by atoms with van der Waals surface area (Å²) >= 11 is 6.17. The standard InChI is InChI=1S/C24H24ClF3N4S/c1-4-33(31-23(2,3)24(26,27)28)18-10-8-15(9-11-18)21-20(13-29)19-12-16(25)14-30-22(19)32(21)17-6-5-7-17/h8-12,14,17H,4-7H2,1-3H3. The second-order valence-electron chi connectivity index (χ2n) is 8.64. The van der Waals surface area contributed by atoms with Crippen molar-refractivity contribution in [2.45, 2.75) is 62.7 Å². The van der Waals surface area contributed by atoms with Crippen molar-refractivity contribution in [3.63, 3.8) is 0 Å². The first-order chi connectivity index (χ1) is 15.6. The van der Waals surface area contributed by atoms with Crippen LogP contribution in [0.15, 0.2) is 45.8 Å². The summed E-state index contributed by atoms with van der Waals surface area (Å²) in [6.45, 7) is 4.04. The molecule has 2 aromatic heterocycles. The predicted molar refractivity (Wildman–Crippen MR) is 127 cm³/mol. The van der Waals surface area contributed by atoms with E-state index in [0.717, 1.165) is 54.9 Å². The average molecular weight is 493 g/mol. The lowest BCUT2D eigenvalue weighted by atomic mass is 9.92. The van der Waals surface area contributed by atoms with Crippen molar-refractivity contribution in [2.24, 2.45) is 4.36 Å². The van der Waals surface area contributed by atoms with Gasteiger partial charge in [0, 0.05) is 28.3 Å². The maximum atomic E-state index is 13.4. The van der Waals surface area contributed by atoms with E-state index in [9.17, 15) is 18.4 Å². The largest absolute Gasteiger partial charge is 0.413 e. The fourth-order valence-electron chi connectivity index (χ4n) is 3.94. The number of nitrogens with zero attached hydrogens (tertiary/aromatic N) is 4. The van der Waals surface area contributed by atoms with Gasteiger partial charge in [0.25, 0.3) is 0 Å². The zero-order valence-electron chi connectivity index (χ0n) is 18.6. The molecule has 0 amide bonds. The van der Waals surface area contributed by atoms with E-state index in [0.29, 0.717) is 21.7 Å². The van der Waals surface area contributed by atoms with Gasteiger partial charge in [0.15, 0.2) is 5.54 Å². The Morgan fingerprint density at radius 3 is 2.42 bits per heavy atom. The van der Waals surface area contributed by atoms with Crippen LogP contribution in [0.5, 0.6) is 0 Å². The van der Waals surface area contributed by atoms with Gasteiger partial charge in [-0.3, -0.25) is 0 Å². The molecule has 0 N–H and O–H groups in total. The van der Waals surface area contributed by atoms with Crippen molar-refractivity contribution in [3.8, 4) is 17.3 Å². The molecule has 1 atom stereocenters. The van der Waals surface area contributed by atoms with Crippen LogP contribution in [0.2, 0.25) is 5.02 Å². The molecule has 0 spiro atoms. The van der Waals surface area contributed by atoms with Gasteiger partial charge in [-0.2, -0.15) is 18.4 Å². The van der Waals surface area contributed by atoms with Crippen LogP contribution in [-0.2, 0) is 10.7 Å². The van der Waals surface area contributed by atoms with Crippen molar-refractivity contribution in [1.82, 2.24) is 9.55 Å². The highest BCUT2D eigenvalue weighted by Gasteiger charge is 2.47. The number of nitriles is 1. The number of fused-ring (bicyclic) bond motifs is 1. The lowest BCUT2D eigenvalue weighted by Crippen LogP contribution is -2.37. The minimum Gasteiger partial charge on any atom is -0.321 e. The van der Waals surface area contributed by atoms with Crippen molar-refractivity contribution < 1.29 is 13.2 Å². The topological polar surface area (TPSA) is 54.0 Å². The van der Waals surface area contributed by atoms with Crippen LogP contribution < -0.4 is 0 Å². The summed E-state index contributed by atoms with van der Waals surface area (Å²) in [7, 11) is -0.902. The molecule has 1 unspecified atom stereocenters. The summed E-state index contributed by atoms with van der Waals surface area (Å²) in [5.74, 6) is 0.479. The quantitative estimate of drug-likeness (QED) is 0.370. The molecule has 0 aliphatic heterocycles. The second kappa shape index (κ2) is 8.77. The van der Waals surface area contributed by atoms with E-state index in [2.05, 4.69) is 20.0 Å². The Labute approximate surface area is 198 Å². The van der Waals surface area contributed by atoms with E-state index in [4.69, 9.17) is 11.6 Å². The van der Waals surface area contributed by atoms with E-state index in [1.165, 1.54) is 0 Å². The summed E-state index contributed by atoms with van der Waals surface area (Å²) in [4.78, 5) is 5.26. The van der Waals surface area contributed by atoms with Gasteiger partial charge in [0.1, 0.15) is 11.7 Å². The van der Waals surface area contributed by atoms with Crippen molar-refractivity contribution >= 4 is 33.3 Å². The van der Waals surface area contributed by atoms with Gasteiger partial charge < -0.3 is 4.57 Å². The SMILES string of the molecule is CCS(=NC(C)(C)C(F)(F)F)c1ccc(-c2c(C#N)c3cc(Cl)cnc3n2C2CCC2)cc1. The molecular weight excluding hydrogens is 469 g/mol. The van der Waals surface area contributed by atoms with Crippen LogP contribution in [-0.4, -0.2) is 27.0 Å². The Morgan fingerprint density at radius 1 is 1.24 bits per heavy atom. The Hall–Kier alpha value is -2.37. The molecule has 0 saturated heterocycles. The highest BCUT2D eigenvalue weighted by Crippen LogP contribution is 2.42. The Bertz CT molecular complexity index is 1270. The highest BCUT2D eigenvalue weighted by atomic mass is 35.5. The third-order valence-electron chi connectivity index (χ3n) is 6.07. The van der Waals surface area contributed by atoms with E-state index < -0.39 is 22.4 Å². The van der Waals surface area contributed by atoms with E-state index in [-0.39, 0.29) is 6.04 Å². The van der Waals surface area contributed by atoms with Gasteiger partial charge in [-0.25, -0.2) is 9.35 Å². The molecule has 0 radical (unpaired) electrons. The molecule has 174 valence electrons. The van der Waals surface area contributed by atoms with Crippen molar-refractivity contribution in [1.29, 1.82) is 5.26 Å². The van der Waals surface area contributed by atoms with Crippen LogP contribution in [0.3, 0.4) is 0 Å². The van der Waals surface area contributed by atoms with Gasteiger partial charge in [-0.15, -0.1) is 0 Å². The summed E-state index contributed by atoms with van der Waals surface area (Å²) in [5, 5.41) is 11.2. The van der Waals surface area contributed by atoms with Gasteiger partial charge in [-0.1, -0.05) is 41.3 Å². The highest BCUT2D eigenvalue weighted by molar-refractivity contribution is 7.87. The smallest absolute Gasteiger partial charge is 0.321 e. The van der Waals surface area contributed by atoms with Crippen LogP contribution in [0.4, 0.5) is 13.2 Å². The number of halogens is 4. The number of rotatable bonds is 5. The fraction of sp³-hybridized carbons (Fsp3) is 0.417. The van der Waals surface area contributed by atoms with Gasteiger partial charge in [0.05, 0.1) is 16.3 Å². The lowest BCUT2D eigenvalue weighted by Gasteiger charge is -2.29. The molecule has 1 saturated carbocycles. The molecule has 1 fully saturated rings. The first-order valence-electron chi connectivity index (χ1n) is 10.8. The molecule has 9 heteroatoms. The molecule has 3 aromatic rings. The number of hydrogen-bond acceptors (Lipinski definition) is 3. The van der Waals surface area contributed by atoms with Crippen molar-refractivity contribution in [2.75, 3.05) is 5.75 Å². The number of aromatic nitrogens is 2. The normalized spacial score (nSPS) is 16.1. The van der Waals surface area contributed by atoms with Crippen LogP contribution >= 0.6 is 11.6 Å². The maximum Gasteiger partial charge on any atom is 0.413 e. The zero-order valence-corrected chi connectivity index (χ0v) is 20.2. The first kappa shape index (κ1) is 23.8. The van der Waals surface area contributed by atoms with Crippen LogP contribution in [0.1, 0.15) is 51.6 Å². The van der Waals surface area contributed by atoms with Crippen LogP contribution in [0, 0.1) is 11.3 Å². The molecule has 4 rings (SSSR count). The molecule has 0 bridgehead atoms. The Kier molecular flexibility index (Phi) is 6.32. The minimum atomic E-state index is -4.41. The molecule has 33 heavy (non-hydrogen) atoms. The predicted octanol–water partition coefficient (Wildman–Crippen LogP) is 7.47. The maximum absolute atomic E-state index is 13.4. The molecular formula is C24H24ClF3N4S. The number of alkyl halides is 3. The number of benzene rings is 1. The number of pyridine rings is 1. The molecule has 1 aromatic carbocycles. The van der Waals surface area contributed by atoms with Gasteiger partial charge >= 0.3 is 6.18 Å². The Balaban J connectivity index is 1.83. The summed E-state index contributed by atoms with van der Waals surface area (Å²) < 4.78 is 46.4. The molecule has 1 aliphatic rings. The average Bonchev–Trinajstić information content (AvgIpc) is 3.03. The summed E-state index contributed by atoms with van der Waals surface area (Å²) in [6, 6.07) is 11.7. The zero-order chi connectivity index (χ0) is 24.0. The monoisotopic (exact) mass is 492 g/mol. The Morgan fingerprint density at radius 2 is 1.91 bits per heavy atom. The lowest BCUT2D eigenvalue weighted by molar-refractivity contribution is -0.173. The van der Waals surface area contributed by atoms with E-state index >= 15 is 0 Å². The molecule has 1 aliphatic carbocycles. The van der Waals surface area contributed by atoms with Gasteiger partial charge in [0.2, 0.25) is 0 Å². The van der Waals surface area contributed by atoms with E-state index in [1.54, 1.807) is 12.3 Å². The summed E-state index contributed by atoms with van der Waals surface area (Å²) in [6.07, 6.45) is 0.314. The van der Waals surface area contributed by atoms with Crippen LogP contribution in [0.25, 0.3) is 22.3 Å². The van der Waals surface area contributed by atoms with Crippen molar-refractivity contribution in [3.05, 3.63) is 47.1 Å². The third-order valence-corrected chi connectivity index (χ3v) is 8.31.